The van der Waals surface area contributed by atoms with E-state index in [-0.39, 0.29) is 5.91 Å². The van der Waals surface area contributed by atoms with Gasteiger partial charge >= 0.3 is 0 Å². The first-order chi connectivity index (χ1) is 7.74. The quantitative estimate of drug-likeness (QED) is 0.854. The predicted octanol–water partition coefficient (Wildman–Crippen LogP) is 2.98. The SMILES string of the molecule is O=C(Cc1ccsc1)Nc1cccc(Cl)n1. The summed E-state index contributed by atoms with van der Waals surface area (Å²) >= 11 is 7.28. The van der Waals surface area contributed by atoms with Crippen molar-refractivity contribution in [1.82, 2.24) is 4.98 Å². The third kappa shape index (κ3) is 3.05. The Morgan fingerprint density at radius 1 is 1.44 bits per heavy atom. The molecule has 16 heavy (non-hydrogen) atoms. The molecular weight excluding hydrogens is 244 g/mol. The van der Waals surface area contributed by atoms with Gasteiger partial charge in [0.05, 0.1) is 6.42 Å². The summed E-state index contributed by atoms with van der Waals surface area (Å²) < 4.78 is 0. The smallest absolute Gasteiger partial charge is 0.229 e. The Balaban J connectivity index is 1.97. The maximum Gasteiger partial charge on any atom is 0.229 e. The zero-order valence-corrected chi connectivity index (χ0v) is 9.89. The fourth-order valence-electron chi connectivity index (χ4n) is 1.24. The number of carbonyl (C=O) groups is 1. The first-order valence-electron chi connectivity index (χ1n) is 4.67. The average molecular weight is 253 g/mol. The fraction of sp³-hybridized carbons (Fsp3) is 0.0909. The molecule has 0 aliphatic heterocycles. The summed E-state index contributed by atoms with van der Waals surface area (Å²) in [6.45, 7) is 0. The maximum atomic E-state index is 11.6. The third-order valence-corrected chi connectivity index (χ3v) is 2.87. The largest absolute Gasteiger partial charge is 0.310 e. The summed E-state index contributed by atoms with van der Waals surface area (Å²) in [5.41, 5.74) is 1.00. The minimum Gasteiger partial charge on any atom is -0.310 e. The predicted molar refractivity (Wildman–Crippen MR) is 65.9 cm³/mol. The molecule has 0 saturated carbocycles. The molecule has 0 radical (unpaired) electrons. The molecule has 0 aliphatic rings. The summed E-state index contributed by atoms with van der Waals surface area (Å²) in [7, 11) is 0. The Kier molecular flexibility index (Phi) is 3.54. The molecule has 0 atom stereocenters. The lowest BCUT2D eigenvalue weighted by molar-refractivity contribution is -0.115. The first kappa shape index (κ1) is 11.1. The number of aromatic nitrogens is 1. The van der Waals surface area contributed by atoms with E-state index >= 15 is 0 Å². The molecule has 2 aromatic rings. The standard InChI is InChI=1S/C11H9ClN2OS/c12-9-2-1-3-10(13-9)14-11(15)6-8-4-5-16-7-8/h1-5,7H,6H2,(H,13,14,15). The Morgan fingerprint density at radius 2 is 2.31 bits per heavy atom. The molecule has 2 aromatic heterocycles. The van der Waals surface area contributed by atoms with Gasteiger partial charge in [-0.2, -0.15) is 11.3 Å². The van der Waals surface area contributed by atoms with Gasteiger partial charge in [-0.1, -0.05) is 17.7 Å². The van der Waals surface area contributed by atoms with E-state index in [4.69, 9.17) is 11.6 Å². The van der Waals surface area contributed by atoms with Crippen LogP contribution in [0.2, 0.25) is 5.15 Å². The summed E-state index contributed by atoms with van der Waals surface area (Å²) in [5.74, 6) is 0.390. The second-order valence-electron chi connectivity index (χ2n) is 3.20. The molecule has 1 N–H and O–H groups in total. The van der Waals surface area contributed by atoms with Crippen LogP contribution in [0.3, 0.4) is 0 Å². The summed E-state index contributed by atoms with van der Waals surface area (Å²) in [6, 6.07) is 7.04. The molecular formula is C11H9ClN2OS. The van der Waals surface area contributed by atoms with Gasteiger partial charge in [-0.3, -0.25) is 4.79 Å². The summed E-state index contributed by atoms with van der Waals surface area (Å²) in [5, 5.41) is 6.95. The molecule has 0 aromatic carbocycles. The number of halogens is 1. The van der Waals surface area contributed by atoms with Crippen molar-refractivity contribution in [3.8, 4) is 0 Å². The number of hydrogen-bond donors (Lipinski definition) is 1. The zero-order chi connectivity index (χ0) is 11.4. The highest BCUT2D eigenvalue weighted by atomic mass is 35.5. The van der Waals surface area contributed by atoms with E-state index in [9.17, 15) is 4.79 Å². The summed E-state index contributed by atoms with van der Waals surface area (Å²) in [6.07, 6.45) is 0.359. The van der Waals surface area contributed by atoms with Crippen LogP contribution in [0.1, 0.15) is 5.56 Å². The highest BCUT2D eigenvalue weighted by Crippen LogP contribution is 2.11. The van der Waals surface area contributed by atoms with Crippen molar-refractivity contribution in [1.29, 1.82) is 0 Å². The normalized spacial score (nSPS) is 10.1. The van der Waals surface area contributed by atoms with E-state index in [0.29, 0.717) is 17.4 Å². The molecule has 2 rings (SSSR count). The Hall–Kier alpha value is -1.39. The number of nitrogens with zero attached hydrogens (tertiary/aromatic N) is 1. The number of carbonyl (C=O) groups excluding carboxylic acids is 1. The van der Waals surface area contributed by atoms with Crippen molar-refractivity contribution in [3.05, 3.63) is 45.7 Å². The van der Waals surface area contributed by atoms with E-state index in [0.717, 1.165) is 5.56 Å². The number of amides is 1. The van der Waals surface area contributed by atoms with Gasteiger partial charge < -0.3 is 5.32 Å². The van der Waals surface area contributed by atoms with Crippen molar-refractivity contribution in [2.24, 2.45) is 0 Å². The Bertz CT molecular complexity index is 484. The van der Waals surface area contributed by atoms with Crippen molar-refractivity contribution >= 4 is 34.7 Å². The lowest BCUT2D eigenvalue weighted by Gasteiger charge is -2.03. The van der Waals surface area contributed by atoms with Crippen molar-refractivity contribution in [2.75, 3.05) is 5.32 Å². The highest BCUT2D eigenvalue weighted by molar-refractivity contribution is 7.08. The molecule has 5 heteroatoms. The van der Waals surface area contributed by atoms with Gasteiger partial charge in [0.25, 0.3) is 0 Å². The van der Waals surface area contributed by atoms with E-state index in [1.807, 2.05) is 16.8 Å². The number of hydrogen-bond acceptors (Lipinski definition) is 3. The first-order valence-corrected chi connectivity index (χ1v) is 5.99. The van der Waals surface area contributed by atoms with E-state index < -0.39 is 0 Å². The lowest BCUT2D eigenvalue weighted by atomic mass is 10.2. The number of thiophene rings is 1. The Morgan fingerprint density at radius 3 is 3.00 bits per heavy atom. The topological polar surface area (TPSA) is 42.0 Å². The second-order valence-corrected chi connectivity index (χ2v) is 4.37. The van der Waals surface area contributed by atoms with Gasteiger partial charge in [0, 0.05) is 0 Å². The molecule has 3 nitrogen and oxygen atoms in total. The van der Waals surface area contributed by atoms with Crippen LogP contribution < -0.4 is 5.32 Å². The minimum atomic E-state index is -0.0897. The zero-order valence-electron chi connectivity index (χ0n) is 8.31. The number of pyridine rings is 1. The molecule has 0 fully saturated rings. The van der Waals surface area contributed by atoms with Gasteiger partial charge in [-0.05, 0) is 34.5 Å². The van der Waals surface area contributed by atoms with Gasteiger partial charge in [-0.25, -0.2) is 4.98 Å². The van der Waals surface area contributed by atoms with Crippen LogP contribution in [0.5, 0.6) is 0 Å². The maximum absolute atomic E-state index is 11.6. The Labute approximate surface area is 102 Å². The van der Waals surface area contributed by atoms with Crippen LogP contribution in [0.4, 0.5) is 5.82 Å². The van der Waals surface area contributed by atoms with E-state index in [1.165, 1.54) is 0 Å². The summed E-state index contributed by atoms with van der Waals surface area (Å²) in [4.78, 5) is 15.6. The highest BCUT2D eigenvalue weighted by Gasteiger charge is 2.05. The molecule has 0 spiro atoms. The van der Waals surface area contributed by atoms with Gasteiger partial charge in [0.2, 0.25) is 5.91 Å². The monoisotopic (exact) mass is 252 g/mol. The van der Waals surface area contributed by atoms with E-state index in [2.05, 4.69) is 10.3 Å². The van der Waals surface area contributed by atoms with Crippen LogP contribution >= 0.6 is 22.9 Å². The lowest BCUT2D eigenvalue weighted by Crippen LogP contribution is -2.14. The molecule has 0 saturated heterocycles. The average Bonchev–Trinajstić information content (AvgIpc) is 2.70. The van der Waals surface area contributed by atoms with Crippen molar-refractivity contribution < 1.29 is 4.79 Å². The molecule has 1 amide bonds. The second kappa shape index (κ2) is 5.09. The molecule has 0 unspecified atom stereocenters. The van der Waals surface area contributed by atoms with Crippen LogP contribution in [0.15, 0.2) is 35.0 Å². The van der Waals surface area contributed by atoms with Crippen molar-refractivity contribution in [2.45, 2.75) is 6.42 Å². The molecule has 0 bridgehead atoms. The fourth-order valence-corrected chi connectivity index (χ4v) is 2.08. The van der Waals surface area contributed by atoms with Gasteiger partial charge in [0.1, 0.15) is 11.0 Å². The van der Waals surface area contributed by atoms with Crippen molar-refractivity contribution in [3.63, 3.8) is 0 Å². The number of nitrogens with one attached hydrogen (secondary N) is 1. The van der Waals surface area contributed by atoms with Crippen LogP contribution in [-0.2, 0) is 11.2 Å². The van der Waals surface area contributed by atoms with Crippen LogP contribution in [0, 0.1) is 0 Å². The van der Waals surface area contributed by atoms with Gasteiger partial charge in [-0.15, -0.1) is 0 Å². The molecule has 0 aliphatic carbocycles. The van der Waals surface area contributed by atoms with Crippen LogP contribution in [0.25, 0.3) is 0 Å². The van der Waals surface area contributed by atoms with Crippen LogP contribution in [-0.4, -0.2) is 10.9 Å². The van der Waals surface area contributed by atoms with E-state index in [1.54, 1.807) is 29.5 Å². The number of anilines is 1. The molecule has 2 heterocycles. The minimum absolute atomic E-state index is 0.0897. The third-order valence-electron chi connectivity index (χ3n) is 1.93. The van der Waals surface area contributed by atoms with Gasteiger partial charge in [0.15, 0.2) is 0 Å². The number of rotatable bonds is 3. The molecule has 82 valence electrons.